The lowest BCUT2D eigenvalue weighted by atomic mass is 9.80. The third kappa shape index (κ3) is 23.2. The standard InChI is InChI=1S/C28H33N3O3.C27H32N4O3.C16H15N3O.C15H26O4/c1-6-12-21(19(4)32)23(17-18(2)3)27(33)30-26-28(34)31(5)24-16-11-10-15-22(24)25(29-26)20-13-8-7-9-14-20;1-5-11-19(24(28)32)21(16-17(2)3)26(33)30-25-27(34)31(4)22-15-10-9-14-20(22)23(29-25)18-12-7-6-8-13-18;1-19-13-10-6-5-9-12(13)14(18-15(17)16(19)20)11-7-3-2-4-8-11;1-7-8-11(14(18)19-15(4,5)6)12(13(16)17)9-10(2)3/h6-11,13-16,18,21,23,26H,1,12,17H2,2-5H3,(H,30,33);5-10,12-15,17,19,21,25H,1,11,16H2,2-4H3,(H2,28,32)(H,30,33);2-10,15H,17H2,1H3;7,10-12H,1,8-9H2,2-6H3,(H,16,17)/t21-,23-,26?;19-,21+,25+;;11-,12+/m10.0/s1. The number of benzene rings is 6. The van der Waals surface area contributed by atoms with Gasteiger partial charge in [-0.25, -0.2) is 9.98 Å². The highest BCUT2D eigenvalue weighted by atomic mass is 16.6. The van der Waals surface area contributed by atoms with E-state index in [2.05, 4.69) is 35.4 Å². The Morgan fingerprint density at radius 3 is 1.11 bits per heavy atom. The number of carboxylic acid groups (broad SMARTS) is 1. The zero-order valence-electron chi connectivity index (χ0n) is 64.0. The van der Waals surface area contributed by atoms with Crippen LogP contribution in [0.15, 0.2) is 217 Å². The molecule has 6 aromatic rings. The van der Waals surface area contributed by atoms with Gasteiger partial charge >= 0.3 is 11.9 Å². The van der Waals surface area contributed by atoms with E-state index >= 15 is 0 Å². The molecule has 7 N–H and O–H groups in total. The predicted octanol–water partition coefficient (Wildman–Crippen LogP) is 12.7. The maximum absolute atomic E-state index is 13.5. The lowest BCUT2D eigenvalue weighted by Crippen LogP contribution is -2.50. The second-order valence-electron chi connectivity index (χ2n) is 29.0. The van der Waals surface area contributed by atoms with Crippen LogP contribution in [0, 0.1) is 53.3 Å². The number of anilines is 3. The molecule has 0 fully saturated rings. The number of carbonyl (C=O) groups excluding carboxylic acids is 8. The van der Waals surface area contributed by atoms with Gasteiger partial charge in [0.1, 0.15) is 11.4 Å². The minimum atomic E-state index is -1.15. The summed E-state index contributed by atoms with van der Waals surface area (Å²) in [4.78, 5) is 133. The number of fused-ring (bicyclic) bond motifs is 3. The van der Waals surface area contributed by atoms with Crippen molar-refractivity contribution < 1.29 is 53.0 Å². The summed E-state index contributed by atoms with van der Waals surface area (Å²) in [7, 11) is 5.08. The van der Waals surface area contributed by atoms with Gasteiger partial charge in [-0.3, -0.25) is 48.1 Å². The van der Waals surface area contributed by atoms with Gasteiger partial charge < -0.3 is 46.6 Å². The molecule has 9 rings (SSSR count). The van der Waals surface area contributed by atoms with Crippen LogP contribution in [0.5, 0.6) is 0 Å². The summed E-state index contributed by atoms with van der Waals surface area (Å²) in [5.74, 6) is -7.05. The molecule has 107 heavy (non-hydrogen) atoms. The molecule has 3 aliphatic rings. The van der Waals surface area contributed by atoms with Crippen molar-refractivity contribution in [2.75, 3.05) is 35.8 Å². The van der Waals surface area contributed by atoms with Crippen molar-refractivity contribution >= 4 is 87.4 Å². The van der Waals surface area contributed by atoms with Crippen LogP contribution in [0.2, 0.25) is 0 Å². The number of aliphatic imine (C=N–C) groups is 3. The van der Waals surface area contributed by atoms with Gasteiger partial charge in [-0.2, -0.15) is 0 Å². The lowest BCUT2D eigenvalue weighted by Gasteiger charge is -2.27. The van der Waals surface area contributed by atoms with E-state index in [1.165, 1.54) is 16.7 Å². The average Bonchev–Trinajstić information content (AvgIpc) is 1.67. The Labute approximate surface area is 630 Å². The number of aliphatic carboxylic acids is 1. The summed E-state index contributed by atoms with van der Waals surface area (Å²) < 4.78 is 5.32. The number of esters is 1. The summed E-state index contributed by atoms with van der Waals surface area (Å²) in [6, 6.07) is 51.7. The van der Waals surface area contributed by atoms with Gasteiger partial charge in [-0.15, -0.1) is 19.7 Å². The van der Waals surface area contributed by atoms with Gasteiger partial charge in [0.2, 0.25) is 30.1 Å². The average molecular weight is 1460 g/mol. The molecule has 21 nitrogen and oxygen atoms in total. The smallest absolute Gasteiger partial charge is 0.310 e. The van der Waals surface area contributed by atoms with Crippen molar-refractivity contribution in [1.82, 2.24) is 10.6 Å². The van der Waals surface area contributed by atoms with Crippen molar-refractivity contribution in [3.63, 3.8) is 0 Å². The molecule has 0 radical (unpaired) electrons. The van der Waals surface area contributed by atoms with E-state index in [1.54, 1.807) is 65.0 Å². The van der Waals surface area contributed by atoms with Gasteiger partial charge in [0.25, 0.3) is 17.7 Å². The molecule has 6 aromatic carbocycles. The van der Waals surface area contributed by atoms with Crippen molar-refractivity contribution in [2.24, 2.45) is 79.7 Å². The topological polar surface area (TPSA) is 306 Å². The first-order chi connectivity index (χ1) is 50.7. The van der Waals surface area contributed by atoms with E-state index in [0.717, 1.165) is 50.5 Å². The second-order valence-corrected chi connectivity index (χ2v) is 29.0. The third-order valence-corrected chi connectivity index (χ3v) is 18.2. The number of rotatable bonds is 26. The number of likely N-dealkylation sites (N-methyl/N-ethyl adjacent to an activating group) is 3. The van der Waals surface area contributed by atoms with E-state index in [4.69, 9.17) is 26.2 Å². The molecule has 0 spiro atoms. The number of benzodiazepines with no additional fused rings is 3. The Bertz CT molecular complexity index is 4050. The van der Waals surface area contributed by atoms with Gasteiger partial charge in [0, 0.05) is 66.4 Å². The van der Waals surface area contributed by atoms with Crippen molar-refractivity contribution in [3.05, 3.63) is 235 Å². The molecular formula is C86H106N10O11. The number of para-hydroxylation sites is 3. The van der Waals surface area contributed by atoms with E-state index in [0.29, 0.717) is 49.2 Å². The van der Waals surface area contributed by atoms with Crippen LogP contribution in [0.1, 0.15) is 141 Å². The molecule has 3 heterocycles. The zero-order valence-corrected chi connectivity index (χ0v) is 64.0. The Balaban J connectivity index is 0.000000231. The second kappa shape index (κ2) is 39.9. The molecule has 0 bridgehead atoms. The Morgan fingerprint density at radius 1 is 0.477 bits per heavy atom. The summed E-state index contributed by atoms with van der Waals surface area (Å²) >= 11 is 0. The number of nitrogens with zero attached hydrogens (tertiary/aromatic N) is 6. The fourth-order valence-electron chi connectivity index (χ4n) is 13.0. The zero-order chi connectivity index (χ0) is 79.0. The molecule has 0 saturated heterocycles. The summed E-state index contributed by atoms with van der Waals surface area (Å²) in [5, 5.41) is 15.0. The maximum Gasteiger partial charge on any atom is 0.310 e. The highest BCUT2D eigenvalue weighted by molar-refractivity contribution is 6.22. The number of hydrogen-bond acceptors (Lipinski definition) is 14. The van der Waals surface area contributed by atoms with Crippen LogP contribution in [-0.4, -0.2) is 121 Å². The first kappa shape index (κ1) is 84.9. The van der Waals surface area contributed by atoms with Crippen LogP contribution in [-0.2, 0) is 47.9 Å². The van der Waals surface area contributed by atoms with Gasteiger partial charge in [-0.1, -0.05) is 205 Å². The fourth-order valence-corrected chi connectivity index (χ4v) is 13.0. The number of hydrogen-bond donors (Lipinski definition) is 5. The van der Waals surface area contributed by atoms with Crippen LogP contribution in [0.25, 0.3) is 0 Å². The number of ketones is 1. The molecule has 0 aliphatic carbocycles. The van der Waals surface area contributed by atoms with Crippen LogP contribution >= 0.6 is 0 Å². The van der Waals surface area contributed by atoms with E-state index in [-0.39, 0.29) is 53.6 Å². The largest absolute Gasteiger partial charge is 0.481 e. The lowest BCUT2D eigenvalue weighted by molar-refractivity contribution is -0.167. The van der Waals surface area contributed by atoms with Gasteiger partial charge in [0.05, 0.1) is 57.9 Å². The number of primary amides is 1. The quantitative estimate of drug-likeness (QED) is 0.0250. The summed E-state index contributed by atoms with van der Waals surface area (Å²) in [5.41, 5.74) is 20.3. The van der Waals surface area contributed by atoms with Gasteiger partial charge in [0.15, 0.2) is 6.17 Å². The van der Waals surface area contributed by atoms with E-state index < -0.39 is 83.4 Å². The van der Waals surface area contributed by atoms with Crippen molar-refractivity contribution in [3.8, 4) is 0 Å². The molecule has 3 aliphatic heterocycles. The molecule has 21 heteroatoms. The van der Waals surface area contributed by atoms with Crippen LogP contribution in [0.3, 0.4) is 0 Å². The number of nitrogens with one attached hydrogen (secondary N) is 2. The van der Waals surface area contributed by atoms with Crippen molar-refractivity contribution in [2.45, 2.75) is 132 Å². The van der Waals surface area contributed by atoms with E-state index in [9.17, 15) is 48.3 Å². The van der Waals surface area contributed by atoms with Crippen LogP contribution in [0.4, 0.5) is 17.1 Å². The van der Waals surface area contributed by atoms with Crippen molar-refractivity contribution in [1.29, 1.82) is 0 Å². The first-order valence-corrected chi connectivity index (χ1v) is 36.2. The molecule has 566 valence electrons. The predicted molar refractivity (Wildman–Crippen MR) is 425 cm³/mol. The third-order valence-electron chi connectivity index (χ3n) is 18.2. The molecule has 6 amide bonds. The minimum Gasteiger partial charge on any atom is -0.481 e. The molecule has 0 aromatic heterocycles. The first-order valence-electron chi connectivity index (χ1n) is 36.2. The summed E-state index contributed by atoms with van der Waals surface area (Å²) in [6.45, 7) is 29.7. The number of ether oxygens (including phenoxy) is 1. The Kier molecular flexibility index (Phi) is 31.6. The monoisotopic (exact) mass is 1450 g/mol. The Morgan fingerprint density at radius 2 is 0.785 bits per heavy atom. The highest BCUT2D eigenvalue weighted by Gasteiger charge is 2.40. The molecule has 0 saturated carbocycles. The fraction of sp³-hybridized carbons (Fsp3) is 0.372. The number of carbonyl (C=O) groups is 9. The molecule has 9 atom stereocenters. The molecular weight excluding hydrogens is 1350 g/mol. The Hall–Kier alpha value is -11.1. The van der Waals surface area contributed by atoms with E-state index in [1.807, 2.05) is 205 Å². The highest BCUT2D eigenvalue weighted by Crippen LogP contribution is 2.34. The number of nitrogens with two attached hydrogens (primary N) is 2. The minimum absolute atomic E-state index is 0.0640. The van der Waals surface area contributed by atoms with Crippen LogP contribution < -0.4 is 36.8 Å². The number of amides is 6. The number of carboxylic acids is 1. The number of Topliss-reactive ketones (excluding diaryl/α,β-unsaturated/α-hetero) is 1. The summed E-state index contributed by atoms with van der Waals surface area (Å²) in [6.07, 6.45) is 4.13. The number of allylic oxidation sites excluding steroid dienone is 3. The molecule has 2 unspecified atom stereocenters. The SMILES string of the molecule is C=CC[C@H](C(=O)OC(C)(C)C)[C@@H](CC(C)C)C(=O)O.C=CC[C@H](C(C)=O)[C@@H](CC(C)C)C(=O)NC1N=C(c2ccccc2)c2ccccc2N(C)C1=O.C=CC[C@H](C(N)=O)[C@@H](CC(C)C)C(=O)N[C@H]1N=C(c2ccccc2)c2ccccc2N(C)C1=O.CN1C(=O)C(N)N=C(c2ccccc2)c2ccccc21. The normalized spacial score (nSPS) is 17.1. The van der Waals surface area contributed by atoms with Gasteiger partial charge in [-0.05, 0) is 102 Å². The maximum atomic E-state index is 13.5.